The maximum atomic E-state index is 3.78. The molecule has 0 saturated carbocycles. The van der Waals surface area contributed by atoms with E-state index in [9.17, 15) is 0 Å². The summed E-state index contributed by atoms with van der Waals surface area (Å²) in [5.74, 6) is 0. The molecule has 0 saturated heterocycles. The number of hydrogen-bond acceptors (Lipinski definition) is 1. The molecule has 104 valence electrons. The van der Waals surface area contributed by atoms with Crippen LogP contribution in [0.15, 0.2) is 30.3 Å². The van der Waals surface area contributed by atoms with Gasteiger partial charge in [-0.15, -0.1) is 15.3 Å². The van der Waals surface area contributed by atoms with Gasteiger partial charge in [0, 0.05) is 5.54 Å². The summed E-state index contributed by atoms with van der Waals surface area (Å²) >= 11 is 0. The first-order valence-electron chi connectivity index (χ1n) is 5.83. The third-order valence-electron chi connectivity index (χ3n) is 1.21. The molecule has 3 heteroatoms. The number of rotatable bonds is 1. The van der Waals surface area contributed by atoms with Gasteiger partial charge in [0.05, 0.1) is 0 Å². The summed E-state index contributed by atoms with van der Waals surface area (Å²) in [6.45, 7) is 19.0. The molecule has 0 fully saturated rings. The van der Waals surface area contributed by atoms with Crippen molar-refractivity contribution < 1.29 is 21.7 Å². The Balaban J connectivity index is -0.0000000801. The van der Waals surface area contributed by atoms with Crippen LogP contribution in [0.4, 0.5) is 0 Å². The van der Waals surface area contributed by atoms with Gasteiger partial charge in [-0.25, -0.2) is 12.1 Å². The zero-order chi connectivity index (χ0) is 13.0. The van der Waals surface area contributed by atoms with Crippen LogP contribution in [-0.2, 0) is 21.7 Å². The van der Waals surface area contributed by atoms with E-state index in [0.29, 0.717) is 0 Å². The predicted molar refractivity (Wildman–Crippen MR) is 85.8 cm³/mol. The van der Waals surface area contributed by atoms with E-state index < -0.39 is 0 Å². The van der Waals surface area contributed by atoms with Crippen molar-refractivity contribution in [3.05, 3.63) is 51.2 Å². The third-order valence-corrected chi connectivity index (χ3v) is 1.21. The van der Waals surface area contributed by atoms with Crippen LogP contribution >= 0.6 is 0 Å². The molecule has 0 amide bonds. The van der Waals surface area contributed by atoms with Gasteiger partial charge < -0.3 is 26.2 Å². The van der Waals surface area contributed by atoms with Crippen LogP contribution in [0, 0.1) is 20.9 Å². The summed E-state index contributed by atoms with van der Waals surface area (Å²) in [6.07, 6.45) is 0. The molecular formula is C15H31NSiTi. The molecule has 1 N–H and O–H groups in total. The van der Waals surface area contributed by atoms with Crippen LogP contribution in [0.5, 0.6) is 0 Å². The van der Waals surface area contributed by atoms with Gasteiger partial charge in [-0.2, -0.15) is 18.2 Å². The van der Waals surface area contributed by atoms with E-state index in [1.54, 1.807) is 0 Å². The minimum absolute atomic E-state index is 0. The van der Waals surface area contributed by atoms with Crippen molar-refractivity contribution in [1.82, 2.24) is 5.32 Å². The molecule has 0 aliphatic rings. The molecule has 0 aromatic heterocycles. The fourth-order valence-electron chi connectivity index (χ4n) is 0.696. The largest absolute Gasteiger partial charge is 4.00 e. The first-order valence-corrected chi connectivity index (χ1v) is 8.96. The summed E-state index contributed by atoms with van der Waals surface area (Å²) in [5, 5.41) is 3.17. The van der Waals surface area contributed by atoms with Crippen molar-refractivity contribution in [2.45, 2.75) is 39.4 Å². The van der Waals surface area contributed by atoms with Crippen LogP contribution in [0.1, 0.15) is 20.8 Å². The molecule has 0 bridgehead atoms. The molecule has 1 nitrogen and oxygen atoms in total. The average Bonchev–Trinajstić information content (AvgIpc) is 2.55. The summed E-state index contributed by atoms with van der Waals surface area (Å²) in [4.78, 5) is 0. The summed E-state index contributed by atoms with van der Waals surface area (Å²) in [7, 11) is -0.389. The van der Waals surface area contributed by atoms with E-state index in [1.807, 2.05) is 30.3 Å². The molecule has 0 aliphatic carbocycles. The summed E-state index contributed by atoms with van der Waals surface area (Å²) < 4.78 is 0. The standard InChI is InChI=1S/C6H14N.C5H5.C3H9Si.CH3.Ti/c1-5-7-6(2,3)4;1-2-4-5-3-1;1-4(2)3;;/h7H,1,5H2,2-4H3;1-5H;4H,1H2,2-3H3;1H3;/q4*-1;+4. The molecule has 0 heterocycles. The smallest absolute Gasteiger partial charge is 0.358 e. The molecule has 0 atom stereocenters. The fourth-order valence-corrected chi connectivity index (χ4v) is 0.696. The Kier molecular flexibility index (Phi) is 25.6. The second-order valence-electron chi connectivity index (χ2n) is 5.03. The van der Waals surface area contributed by atoms with Gasteiger partial charge in [-0.3, -0.25) is 0 Å². The summed E-state index contributed by atoms with van der Waals surface area (Å²) in [5.41, 5.74) is 0.238. The zero-order valence-electron chi connectivity index (χ0n) is 13.1. The molecular weight excluding hydrogens is 270 g/mol. The van der Waals surface area contributed by atoms with Crippen LogP contribution in [0.2, 0.25) is 13.1 Å². The number of nitrogens with one attached hydrogen (secondary N) is 1. The Morgan fingerprint density at radius 3 is 1.56 bits per heavy atom. The van der Waals surface area contributed by atoms with Crippen molar-refractivity contribution in [3.63, 3.8) is 0 Å². The van der Waals surface area contributed by atoms with E-state index in [-0.39, 0.29) is 43.5 Å². The zero-order valence-corrected chi connectivity index (χ0v) is 15.8. The second-order valence-corrected chi connectivity index (χ2v) is 7.82. The Morgan fingerprint density at radius 1 is 1.17 bits per heavy atom. The van der Waals surface area contributed by atoms with Gasteiger partial charge in [0.1, 0.15) is 0 Å². The minimum atomic E-state index is -0.389. The minimum Gasteiger partial charge on any atom is -0.358 e. The van der Waals surface area contributed by atoms with Crippen LogP contribution in [0.3, 0.4) is 0 Å². The van der Waals surface area contributed by atoms with Gasteiger partial charge in [-0.05, 0) is 20.8 Å². The molecule has 0 spiro atoms. The van der Waals surface area contributed by atoms with Gasteiger partial charge in [0.25, 0.3) is 0 Å². The third kappa shape index (κ3) is 44.2. The number of hydrogen-bond donors (Lipinski definition) is 1. The van der Waals surface area contributed by atoms with Gasteiger partial charge >= 0.3 is 21.7 Å². The van der Waals surface area contributed by atoms with Gasteiger partial charge in [0.15, 0.2) is 0 Å². The maximum Gasteiger partial charge on any atom is 4.00 e. The quantitative estimate of drug-likeness (QED) is 0.612. The van der Waals surface area contributed by atoms with Crippen molar-refractivity contribution in [3.8, 4) is 0 Å². The molecule has 1 rings (SSSR count). The van der Waals surface area contributed by atoms with E-state index in [4.69, 9.17) is 0 Å². The molecule has 18 heavy (non-hydrogen) atoms. The van der Waals surface area contributed by atoms with Crippen LogP contribution in [0.25, 0.3) is 0 Å². The normalized spacial score (nSPS) is 8.89. The van der Waals surface area contributed by atoms with Crippen molar-refractivity contribution in [2.24, 2.45) is 0 Å². The summed E-state index contributed by atoms with van der Waals surface area (Å²) in [6, 6.07) is 10.0. The molecule has 1 aromatic rings. The molecule has 1 aromatic carbocycles. The average molecular weight is 301 g/mol. The van der Waals surface area contributed by atoms with E-state index in [0.717, 1.165) is 6.54 Å². The Labute approximate surface area is 133 Å². The first kappa shape index (κ1) is 26.7. The molecule has 0 aliphatic heterocycles. The van der Waals surface area contributed by atoms with Crippen LogP contribution < -0.4 is 5.32 Å². The Hall–Kier alpha value is 0.241. The van der Waals surface area contributed by atoms with Crippen molar-refractivity contribution in [1.29, 1.82) is 0 Å². The topological polar surface area (TPSA) is 12.0 Å². The van der Waals surface area contributed by atoms with Gasteiger partial charge in [-0.1, -0.05) is 13.1 Å². The Morgan fingerprint density at radius 2 is 1.50 bits per heavy atom. The van der Waals surface area contributed by atoms with Crippen molar-refractivity contribution >= 4 is 8.80 Å². The molecule has 0 radical (unpaired) electrons. The second kappa shape index (κ2) is 17.2. The van der Waals surface area contributed by atoms with E-state index in [2.05, 4.69) is 52.7 Å². The first-order chi connectivity index (χ1) is 7.29. The SMILES string of the molecule is [CH2-]CNC(C)(C)C.[CH2-][SiH](C)C.[CH3-].[Ti+4].c1cc[cH-]c1. The monoisotopic (exact) mass is 301 g/mol. The van der Waals surface area contributed by atoms with E-state index >= 15 is 0 Å². The van der Waals surface area contributed by atoms with Crippen LogP contribution in [-0.4, -0.2) is 20.9 Å². The van der Waals surface area contributed by atoms with Gasteiger partial charge in [0.2, 0.25) is 0 Å². The van der Waals surface area contributed by atoms with E-state index in [1.165, 1.54) is 0 Å². The maximum absolute atomic E-state index is 3.78. The fraction of sp³-hybridized carbons (Fsp3) is 0.467. The molecule has 0 unspecified atom stereocenters. The Bertz CT molecular complexity index is 183. The predicted octanol–water partition coefficient (Wildman–Crippen LogP) is 3.91. The van der Waals surface area contributed by atoms with Crippen molar-refractivity contribution in [2.75, 3.05) is 6.54 Å².